The van der Waals surface area contributed by atoms with Crippen molar-refractivity contribution < 1.29 is 34.2 Å². The number of carbonyl (C=O) groups is 5. The molecule has 4 rings (SSSR count). The number of hydrogen-bond donors (Lipinski definition) is 4. The molecule has 0 bridgehead atoms. The minimum absolute atomic E-state index is 0.0316. The van der Waals surface area contributed by atoms with Gasteiger partial charge in [0, 0.05) is 22.8 Å². The van der Waals surface area contributed by atoms with Gasteiger partial charge in [-0.1, -0.05) is 17.8 Å². The van der Waals surface area contributed by atoms with E-state index in [0.717, 1.165) is 28.0 Å². The van der Waals surface area contributed by atoms with Gasteiger partial charge in [0.2, 0.25) is 17.0 Å². The van der Waals surface area contributed by atoms with Gasteiger partial charge in [-0.05, 0) is 27.4 Å². The molecule has 2 aliphatic heterocycles. The number of amides is 3. The molecule has 3 amide bonds. The molecule has 2 aliphatic rings. The number of aliphatic carboxylic acids is 2. The Bertz CT molecular complexity index is 1250. The summed E-state index contributed by atoms with van der Waals surface area (Å²) in [7, 11) is 0. The van der Waals surface area contributed by atoms with Crippen LogP contribution in [0.2, 0.25) is 0 Å². The van der Waals surface area contributed by atoms with E-state index in [-0.39, 0.29) is 30.2 Å². The van der Waals surface area contributed by atoms with Gasteiger partial charge in [0.25, 0.3) is 5.91 Å². The lowest BCUT2D eigenvalue weighted by Gasteiger charge is -2.49. The van der Waals surface area contributed by atoms with Crippen molar-refractivity contribution in [3.63, 3.8) is 0 Å². The van der Waals surface area contributed by atoms with E-state index in [2.05, 4.69) is 20.8 Å². The molecule has 2 unspecified atom stereocenters. The number of nitrogens with one attached hydrogen (secondary N) is 1. The molecule has 2 aromatic heterocycles. The van der Waals surface area contributed by atoms with E-state index in [1.165, 1.54) is 22.5 Å². The number of carboxylic acid groups (broad SMARTS) is 2. The summed E-state index contributed by atoms with van der Waals surface area (Å²) in [6.07, 6.45) is 0.0316. The van der Waals surface area contributed by atoms with Crippen molar-refractivity contribution in [1.82, 2.24) is 30.4 Å². The second kappa shape index (κ2) is 10.7. The van der Waals surface area contributed by atoms with Gasteiger partial charge in [0.15, 0.2) is 5.92 Å². The molecule has 1 fully saturated rings. The van der Waals surface area contributed by atoms with Gasteiger partial charge >= 0.3 is 11.9 Å². The number of thiophene rings is 1. The van der Waals surface area contributed by atoms with Crippen molar-refractivity contribution in [3.05, 3.63) is 33.7 Å². The third kappa shape index (κ3) is 5.07. The monoisotopic (exact) mass is 553 g/mol. The van der Waals surface area contributed by atoms with E-state index in [9.17, 15) is 34.2 Å². The molecule has 2 aromatic rings. The van der Waals surface area contributed by atoms with Crippen molar-refractivity contribution in [2.45, 2.75) is 35.5 Å². The summed E-state index contributed by atoms with van der Waals surface area (Å²) in [4.78, 5) is 61.7. The van der Waals surface area contributed by atoms with Gasteiger partial charge in [0.05, 0.1) is 6.54 Å². The van der Waals surface area contributed by atoms with Gasteiger partial charge < -0.3 is 21.3 Å². The summed E-state index contributed by atoms with van der Waals surface area (Å²) >= 11 is 3.52. The Hall–Kier alpha value is -3.44. The van der Waals surface area contributed by atoms with Crippen LogP contribution in [0, 0.1) is 0 Å². The predicted octanol–water partition coefficient (Wildman–Crippen LogP) is -0.691. The van der Waals surface area contributed by atoms with Crippen molar-refractivity contribution in [2.75, 3.05) is 11.5 Å². The summed E-state index contributed by atoms with van der Waals surface area (Å²) in [5.74, 6) is -5.69. The summed E-state index contributed by atoms with van der Waals surface area (Å²) in [6.45, 7) is 0.168. The highest BCUT2D eigenvalue weighted by Gasteiger charge is 2.54. The number of hydrogen-bond acceptors (Lipinski definition) is 11. The SMILES string of the molecule is NC(=O)CCn1nnnc1SCC1=C(C(=O)O)N2C(=O)C(NC(=O)C(C(=O)O)c3cccs3)[C@H]2SC1. The van der Waals surface area contributed by atoms with Crippen LogP contribution >= 0.6 is 34.9 Å². The average molecular weight is 554 g/mol. The lowest BCUT2D eigenvalue weighted by atomic mass is 10.0. The zero-order valence-corrected chi connectivity index (χ0v) is 20.7. The molecule has 17 heteroatoms. The Morgan fingerprint density at radius 2 is 2.08 bits per heavy atom. The zero-order valence-electron chi connectivity index (χ0n) is 18.3. The van der Waals surface area contributed by atoms with Crippen LogP contribution < -0.4 is 11.1 Å². The quantitative estimate of drug-likeness (QED) is 0.155. The fraction of sp³-hybridized carbons (Fsp3) is 0.368. The topological polar surface area (TPSA) is 211 Å². The van der Waals surface area contributed by atoms with Crippen LogP contribution in [0.15, 0.2) is 33.9 Å². The molecule has 36 heavy (non-hydrogen) atoms. The smallest absolute Gasteiger partial charge is 0.352 e. The van der Waals surface area contributed by atoms with Crippen LogP contribution in [0.5, 0.6) is 0 Å². The highest BCUT2D eigenvalue weighted by Crippen LogP contribution is 2.41. The van der Waals surface area contributed by atoms with Crippen molar-refractivity contribution in [1.29, 1.82) is 0 Å². The van der Waals surface area contributed by atoms with Crippen molar-refractivity contribution >= 4 is 64.5 Å². The first-order valence-electron chi connectivity index (χ1n) is 10.3. The molecule has 1 saturated heterocycles. The molecular formula is C19H19N7O7S3. The Morgan fingerprint density at radius 3 is 2.72 bits per heavy atom. The summed E-state index contributed by atoms with van der Waals surface area (Å²) < 4.78 is 1.38. The Balaban J connectivity index is 1.46. The van der Waals surface area contributed by atoms with Crippen LogP contribution in [-0.2, 0) is 30.5 Å². The zero-order chi connectivity index (χ0) is 26.0. The highest BCUT2D eigenvalue weighted by molar-refractivity contribution is 8.01. The highest BCUT2D eigenvalue weighted by atomic mass is 32.2. The molecule has 0 aliphatic carbocycles. The van der Waals surface area contributed by atoms with Crippen LogP contribution in [0.25, 0.3) is 0 Å². The van der Waals surface area contributed by atoms with Crippen LogP contribution in [0.3, 0.4) is 0 Å². The Morgan fingerprint density at radius 1 is 1.31 bits per heavy atom. The number of carboxylic acids is 2. The van der Waals surface area contributed by atoms with Crippen molar-refractivity contribution in [2.24, 2.45) is 5.73 Å². The van der Waals surface area contributed by atoms with Gasteiger partial charge in [-0.3, -0.25) is 24.1 Å². The number of aryl methyl sites for hydroxylation is 1. The fourth-order valence-electron chi connectivity index (χ4n) is 3.66. The number of rotatable bonds is 11. The molecule has 0 spiro atoms. The number of carbonyl (C=O) groups excluding carboxylic acids is 3. The maximum Gasteiger partial charge on any atom is 0.352 e. The first-order chi connectivity index (χ1) is 17.2. The molecule has 0 radical (unpaired) electrons. The Kier molecular flexibility index (Phi) is 7.60. The number of thioether (sulfide) groups is 2. The van der Waals surface area contributed by atoms with Gasteiger partial charge in [0.1, 0.15) is 17.1 Å². The number of primary amides is 1. The van der Waals surface area contributed by atoms with E-state index in [1.807, 2.05) is 0 Å². The molecule has 0 saturated carbocycles. The normalized spacial score (nSPS) is 19.9. The molecule has 190 valence electrons. The minimum Gasteiger partial charge on any atom is -0.480 e. The summed E-state index contributed by atoms with van der Waals surface area (Å²) in [5, 5.41) is 34.3. The number of nitrogens with zero attached hydrogens (tertiary/aromatic N) is 5. The van der Waals surface area contributed by atoms with Gasteiger partial charge in [-0.15, -0.1) is 28.2 Å². The number of fused-ring (bicyclic) bond motifs is 1. The maximum atomic E-state index is 12.9. The molecular weight excluding hydrogens is 534 g/mol. The average Bonchev–Trinajstić information content (AvgIpc) is 3.51. The van der Waals surface area contributed by atoms with Crippen LogP contribution in [0.4, 0.5) is 0 Å². The van der Waals surface area contributed by atoms with E-state index in [4.69, 9.17) is 5.73 Å². The molecule has 14 nitrogen and oxygen atoms in total. The fourth-order valence-corrected chi connectivity index (χ4v) is 6.86. The molecule has 0 aromatic carbocycles. The molecule has 4 heterocycles. The number of tetrazole rings is 1. The number of aromatic nitrogens is 4. The third-order valence-corrected chi connectivity index (χ3v) is 8.65. The van der Waals surface area contributed by atoms with E-state index < -0.39 is 47.0 Å². The standard InChI is InChI=1S/C19H19N7O7S3/c20-10(27)3-4-25-19(22-23-24-25)36-7-8-6-35-16-12(15(29)26(16)13(8)18(32)33)21-14(28)11(17(30)31)9-2-1-5-34-9/h1-2,5,11-12,16H,3-4,6-7H2,(H2,20,27)(H,21,28)(H,30,31)(H,32,33)/t11?,12?,16-/m1/s1. The van der Waals surface area contributed by atoms with Crippen molar-refractivity contribution in [3.8, 4) is 0 Å². The van der Waals surface area contributed by atoms with Crippen LogP contribution in [-0.4, -0.2) is 87.9 Å². The largest absolute Gasteiger partial charge is 0.480 e. The maximum absolute atomic E-state index is 12.9. The predicted molar refractivity (Wildman–Crippen MR) is 127 cm³/mol. The second-order valence-corrected chi connectivity index (χ2v) is 10.7. The van der Waals surface area contributed by atoms with Gasteiger partial charge in [-0.25, -0.2) is 9.48 Å². The van der Waals surface area contributed by atoms with E-state index in [1.54, 1.807) is 11.4 Å². The second-order valence-electron chi connectivity index (χ2n) is 7.63. The third-order valence-electron chi connectivity index (χ3n) is 5.33. The first kappa shape index (κ1) is 25.6. The Labute approximate surface area is 215 Å². The minimum atomic E-state index is -1.47. The number of nitrogens with two attached hydrogens (primary N) is 1. The number of β-lactam (4-membered cyclic amide) rings is 1. The molecule has 5 N–H and O–H groups in total. The van der Waals surface area contributed by atoms with Crippen LogP contribution in [0.1, 0.15) is 17.2 Å². The lowest BCUT2D eigenvalue weighted by molar-refractivity contribution is -0.152. The van der Waals surface area contributed by atoms with E-state index in [0.29, 0.717) is 15.6 Å². The van der Waals surface area contributed by atoms with Gasteiger partial charge in [-0.2, -0.15) is 0 Å². The molecule has 3 atom stereocenters. The lowest BCUT2D eigenvalue weighted by Crippen LogP contribution is -2.71. The first-order valence-corrected chi connectivity index (χ1v) is 13.2. The summed E-state index contributed by atoms with van der Waals surface area (Å²) in [5.41, 5.74) is 5.42. The summed E-state index contributed by atoms with van der Waals surface area (Å²) in [6, 6.07) is 2.09. The van der Waals surface area contributed by atoms with E-state index >= 15 is 0 Å².